The van der Waals surface area contributed by atoms with Crippen molar-refractivity contribution >= 4 is 44.8 Å². The van der Waals surface area contributed by atoms with E-state index in [0.717, 1.165) is 25.7 Å². The Morgan fingerprint density at radius 1 is 1.10 bits per heavy atom. The molecule has 0 amide bonds. The summed E-state index contributed by atoms with van der Waals surface area (Å²) in [4.78, 5) is -0.0219. The van der Waals surface area contributed by atoms with Crippen molar-refractivity contribution in [2.24, 2.45) is 5.92 Å². The molecule has 112 valence electrons. The van der Waals surface area contributed by atoms with Crippen LogP contribution in [-0.2, 0) is 10.0 Å². The van der Waals surface area contributed by atoms with Crippen LogP contribution in [-0.4, -0.2) is 14.5 Å². The van der Waals surface area contributed by atoms with Crippen LogP contribution in [0.2, 0.25) is 15.1 Å². The molecular formula is C13H16Cl3NO2S. The zero-order valence-electron chi connectivity index (χ0n) is 11.0. The number of halogens is 3. The Morgan fingerprint density at radius 2 is 1.75 bits per heavy atom. The molecule has 1 aliphatic carbocycles. The van der Waals surface area contributed by atoms with Gasteiger partial charge in [-0.2, -0.15) is 0 Å². The molecule has 1 N–H and O–H groups in total. The molecule has 0 aliphatic heterocycles. The first-order chi connectivity index (χ1) is 9.33. The van der Waals surface area contributed by atoms with E-state index in [1.165, 1.54) is 12.1 Å². The second kappa shape index (κ2) is 6.41. The monoisotopic (exact) mass is 355 g/mol. The molecule has 2 atom stereocenters. The SMILES string of the molecule is CC1CCCCC1NS(=O)(=O)c1ccc(Cl)c(Cl)c1Cl. The maximum absolute atomic E-state index is 12.4. The van der Waals surface area contributed by atoms with Crippen LogP contribution in [0.3, 0.4) is 0 Å². The summed E-state index contributed by atoms with van der Waals surface area (Å²) >= 11 is 17.7. The van der Waals surface area contributed by atoms with Crippen molar-refractivity contribution in [3.05, 3.63) is 27.2 Å². The Bertz CT molecular complexity index is 604. The maximum atomic E-state index is 12.4. The molecule has 0 spiro atoms. The number of rotatable bonds is 3. The van der Waals surface area contributed by atoms with Gasteiger partial charge < -0.3 is 0 Å². The lowest BCUT2D eigenvalue weighted by Gasteiger charge is -2.29. The summed E-state index contributed by atoms with van der Waals surface area (Å²) in [5, 5.41) is 0.268. The second-order valence-corrected chi connectivity index (χ2v) is 8.01. The van der Waals surface area contributed by atoms with Gasteiger partial charge in [-0.15, -0.1) is 0 Å². The molecule has 0 bridgehead atoms. The Labute approximate surface area is 134 Å². The van der Waals surface area contributed by atoms with E-state index in [0.29, 0.717) is 5.92 Å². The van der Waals surface area contributed by atoms with Crippen LogP contribution < -0.4 is 4.72 Å². The van der Waals surface area contributed by atoms with Crippen molar-refractivity contribution in [3.63, 3.8) is 0 Å². The molecule has 0 heterocycles. The molecule has 3 nitrogen and oxygen atoms in total. The zero-order valence-corrected chi connectivity index (χ0v) is 14.1. The predicted octanol–water partition coefficient (Wildman–Crippen LogP) is 4.50. The summed E-state index contributed by atoms with van der Waals surface area (Å²) in [5.41, 5.74) is 0. The van der Waals surface area contributed by atoms with Gasteiger partial charge in [0.15, 0.2) is 0 Å². The van der Waals surface area contributed by atoms with Gasteiger partial charge in [-0.1, -0.05) is 54.6 Å². The van der Waals surface area contributed by atoms with Gasteiger partial charge in [0, 0.05) is 6.04 Å². The first-order valence-corrected chi connectivity index (χ1v) is 9.10. The van der Waals surface area contributed by atoms with E-state index in [1.54, 1.807) is 0 Å². The molecule has 1 fully saturated rings. The van der Waals surface area contributed by atoms with E-state index in [4.69, 9.17) is 34.8 Å². The summed E-state index contributed by atoms with van der Waals surface area (Å²) in [6.45, 7) is 2.06. The van der Waals surface area contributed by atoms with Crippen LogP contribution in [0.15, 0.2) is 17.0 Å². The standard InChI is InChI=1S/C13H16Cl3NO2S/c1-8-4-2-3-5-10(8)17-20(18,19)11-7-6-9(14)12(15)13(11)16/h6-8,10,17H,2-5H2,1H3. The predicted molar refractivity (Wildman–Crippen MR) is 83.2 cm³/mol. The van der Waals surface area contributed by atoms with Gasteiger partial charge >= 0.3 is 0 Å². The van der Waals surface area contributed by atoms with Gasteiger partial charge in [-0.25, -0.2) is 13.1 Å². The fourth-order valence-corrected chi connectivity index (χ4v) is 4.83. The zero-order chi connectivity index (χ0) is 14.9. The van der Waals surface area contributed by atoms with Crippen molar-refractivity contribution in [2.45, 2.75) is 43.5 Å². The lowest BCUT2D eigenvalue weighted by atomic mass is 9.87. The molecule has 1 saturated carbocycles. The van der Waals surface area contributed by atoms with Gasteiger partial charge in [0.2, 0.25) is 10.0 Å². The highest BCUT2D eigenvalue weighted by atomic mass is 35.5. The number of benzene rings is 1. The average Bonchev–Trinajstić information content (AvgIpc) is 2.38. The largest absolute Gasteiger partial charge is 0.242 e. The van der Waals surface area contributed by atoms with Crippen molar-refractivity contribution < 1.29 is 8.42 Å². The summed E-state index contributed by atoms with van der Waals surface area (Å²) in [7, 11) is -3.69. The highest BCUT2D eigenvalue weighted by molar-refractivity contribution is 7.89. The molecule has 1 aliphatic rings. The van der Waals surface area contributed by atoms with Crippen molar-refractivity contribution in [1.29, 1.82) is 0 Å². The Morgan fingerprint density at radius 3 is 2.40 bits per heavy atom. The molecule has 7 heteroatoms. The lowest BCUT2D eigenvalue weighted by Crippen LogP contribution is -2.41. The Balaban J connectivity index is 2.29. The summed E-state index contributed by atoms with van der Waals surface area (Å²) < 4.78 is 27.6. The van der Waals surface area contributed by atoms with Gasteiger partial charge in [0.05, 0.1) is 15.1 Å². The van der Waals surface area contributed by atoms with Crippen LogP contribution in [0.4, 0.5) is 0 Å². The molecular weight excluding hydrogens is 341 g/mol. The van der Waals surface area contributed by atoms with Crippen molar-refractivity contribution in [1.82, 2.24) is 4.72 Å². The van der Waals surface area contributed by atoms with E-state index in [9.17, 15) is 8.42 Å². The number of hydrogen-bond acceptors (Lipinski definition) is 2. The highest BCUT2D eigenvalue weighted by Gasteiger charge is 2.28. The van der Waals surface area contributed by atoms with Crippen molar-refractivity contribution in [3.8, 4) is 0 Å². The molecule has 0 aromatic heterocycles. The van der Waals surface area contributed by atoms with E-state index in [-0.39, 0.29) is 26.0 Å². The highest BCUT2D eigenvalue weighted by Crippen LogP contribution is 2.35. The minimum atomic E-state index is -3.69. The average molecular weight is 357 g/mol. The number of hydrogen-bond donors (Lipinski definition) is 1. The third-order valence-electron chi connectivity index (χ3n) is 3.71. The minimum Gasteiger partial charge on any atom is -0.208 e. The fourth-order valence-electron chi connectivity index (χ4n) is 2.47. The molecule has 1 aromatic rings. The van der Waals surface area contributed by atoms with Gasteiger partial charge in [-0.3, -0.25) is 0 Å². The molecule has 0 saturated heterocycles. The van der Waals surface area contributed by atoms with Crippen LogP contribution in [0.1, 0.15) is 32.6 Å². The minimum absolute atomic E-state index is 0.0219. The second-order valence-electron chi connectivity index (χ2n) is 5.16. The fraction of sp³-hybridized carbons (Fsp3) is 0.538. The quantitative estimate of drug-likeness (QED) is 0.810. The van der Waals surface area contributed by atoms with Gasteiger partial charge in [0.25, 0.3) is 0 Å². The normalized spacial score (nSPS) is 23.8. The van der Waals surface area contributed by atoms with Crippen LogP contribution in [0.5, 0.6) is 0 Å². The number of nitrogens with one attached hydrogen (secondary N) is 1. The van der Waals surface area contributed by atoms with E-state index < -0.39 is 10.0 Å². The summed E-state index contributed by atoms with van der Waals surface area (Å²) in [6.07, 6.45) is 4.06. The van der Waals surface area contributed by atoms with E-state index >= 15 is 0 Å². The maximum Gasteiger partial charge on any atom is 0.242 e. The van der Waals surface area contributed by atoms with E-state index in [1.807, 2.05) is 0 Å². The van der Waals surface area contributed by atoms with Crippen LogP contribution in [0, 0.1) is 5.92 Å². The summed E-state index contributed by atoms with van der Waals surface area (Å²) in [5.74, 6) is 0.320. The third-order valence-corrected chi connectivity index (χ3v) is 6.65. The molecule has 0 radical (unpaired) electrons. The number of sulfonamides is 1. The van der Waals surface area contributed by atoms with E-state index in [2.05, 4.69) is 11.6 Å². The Kier molecular flexibility index (Phi) is 5.24. The lowest BCUT2D eigenvalue weighted by molar-refractivity contribution is 0.310. The topological polar surface area (TPSA) is 46.2 Å². The first kappa shape index (κ1) is 16.4. The molecule has 2 unspecified atom stereocenters. The molecule has 20 heavy (non-hydrogen) atoms. The molecule has 1 aromatic carbocycles. The van der Waals surface area contributed by atoms with Gasteiger partial charge in [-0.05, 0) is 30.9 Å². The first-order valence-electron chi connectivity index (χ1n) is 6.49. The van der Waals surface area contributed by atoms with Crippen molar-refractivity contribution in [2.75, 3.05) is 0 Å². The molecule has 2 rings (SSSR count). The van der Waals surface area contributed by atoms with Crippen LogP contribution >= 0.6 is 34.8 Å². The van der Waals surface area contributed by atoms with Gasteiger partial charge in [0.1, 0.15) is 4.90 Å². The third kappa shape index (κ3) is 3.42. The summed E-state index contributed by atoms with van der Waals surface area (Å²) in [6, 6.07) is 2.76. The smallest absolute Gasteiger partial charge is 0.208 e. The Hall–Kier alpha value is -0.000000000000000167. The van der Waals surface area contributed by atoms with Crippen LogP contribution in [0.25, 0.3) is 0 Å².